The molecule has 0 aliphatic rings. The van der Waals surface area contributed by atoms with Crippen LogP contribution >= 0.6 is 0 Å². The fraction of sp³-hybridized carbons (Fsp3) is 0.100. The zero-order valence-electron chi connectivity index (χ0n) is 7.42. The lowest BCUT2D eigenvalue weighted by Gasteiger charge is -2.01. The molecule has 0 bridgehead atoms. The first-order chi connectivity index (χ1) is 6.52. The van der Waals surface area contributed by atoms with Crippen LogP contribution < -0.4 is 0 Å². The lowest BCUT2D eigenvalue weighted by atomic mass is 10.1. The third-order valence-corrected chi connectivity index (χ3v) is 1.79. The van der Waals surface area contributed by atoms with Gasteiger partial charge in [0.25, 0.3) is 0 Å². The Morgan fingerprint density at radius 3 is 2.64 bits per heavy atom. The van der Waals surface area contributed by atoms with Gasteiger partial charge >= 0.3 is 5.97 Å². The molecule has 4 heteroatoms. The van der Waals surface area contributed by atoms with E-state index < -0.39 is 17.6 Å². The van der Waals surface area contributed by atoms with Crippen LogP contribution in [0.5, 0.6) is 0 Å². The molecule has 0 aromatic heterocycles. The lowest BCUT2D eigenvalue weighted by molar-refractivity contribution is -0.131. The summed E-state index contributed by atoms with van der Waals surface area (Å²) in [7, 11) is 0. The number of aliphatic carboxylic acids is 1. The maximum Gasteiger partial charge on any atom is 0.328 e. The molecule has 0 heterocycles. The number of carboxylic acids is 1. The van der Waals surface area contributed by atoms with Gasteiger partial charge in [-0.3, -0.25) is 0 Å². The Balaban J connectivity index is 3.12. The predicted octanol–water partition coefficient (Wildman–Crippen LogP) is 2.37. The maximum absolute atomic E-state index is 13.0. The average Bonchev–Trinajstić information content (AvgIpc) is 2.13. The van der Waals surface area contributed by atoms with Crippen LogP contribution in [0.25, 0.3) is 6.08 Å². The Bertz CT molecular complexity index is 397. The topological polar surface area (TPSA) is 37.3 Å². The van der Waals surface area contributed by atoms with Crippen molar-refractivity contribution in [3.8, 4) is 0 Å². The highest BCUT2D eigenvalue weighted by atomic mass is 19.2. The first-order valence-electron chi connectivity index (χ1n) is 3.88. The molecule has 0 aliphatic heterocycles. The quantitative estimate of drug-likeness (QED) is 0.740. The molecule has 0 aliphatic carbocycles. The molecular formula is C10H8F2O2. The Kier molecular flexibility index (Phi) is 2.96. The first kappa shape index (κ1) is 10.4. The van der Waals surface area contributed by atoms with Crippen molar-refractivity contribution in [2.24, 2.45) is 0 Å². The SMILES string of the molecule is Cc1c(/C=C/C(=O)O)ccc(F)c1F. The molecule has 74 valence electrons. The van der Waals surface area contributed by atoms with Crippen LogP contribution in [0, 0.1) is 18.6 Å². The van der Waals surface area contributed by atoms with Crippen molar-refractivity contribution in [2.45, 2.75) is 6.92 Å². The summed E-state index contributed by atoms with van der Waals surface area (Å²) in [6, 6.07) is 2.29. The van der Waals surface area contributed by atoms with Gasteiger partial charge in [-0.2, -0.15) is 0 Å². The highest BCUT2D eigenvalue weighted by molar-refractivity contribution is 5.85. The second kappa shape index (κ2) is 4.00. The van der Waals surface area contributed by atoms with Gasteiger partial charge in [-0.1, -0.05) is 6.07 Å². The Labute approximate surface area is 79.5 Å². The molecule has 2 nitrogen and oxygen atoms in total. The van der Waals surface area contributed by atoms with E-state index in [0.29, 0.717) is 5.56 Å². The zero-order valence-corrected chi connectivity index (χ0v) is 7.42. The van der Waals surface area contributed by atoms with Gasteiger partial charge in [-0.15, -0.1) is 0 Å². The molecule has 0 atom stereocenters. The fourth-order valence-electron chi connectivity index (χ4n) is 1.01. The molecule has 1 N–H and O–H groups in total. The van der Waals surface area contributed by atoms with Gasteiger partial charge < -0.3 is 5.11 Å². The summed E-state index contributed by atoms with van der Waals surface area (Å²) in [6.07, 6.45) is 2.10. The van der Waals surface area contributed by atoms with Crippen molar-refractivity contribution in [1.29, 1.82) is 0 Å². The number of carboxylic acid groups (broad SMARTS) is 1. The third-order valence-electron chi connectivity index (χ3n) is 1.79. The van der Waals surface area contributed by atoms with Gasteiger partial charge in [0.05, 0.1) is 0 Å². The van der Waals surface area contributed by atoms with Crippen LogP contribution in [-0.4, -0.2) is 11.1 Å². The Morgan fingerprint density at radius 1 is 1.43 bits per heavy atom. The van der Waals surface area contributed by atoms with E-state index in [1.54, 1.807) is 0 Å². The van der Waals surface area contributed by atoms with Crippen LogP contribution in [0.1, 0.15) is 11.1 Å². The number of halogens is 2. The van der Waals surface area contributed by atoms with Crippen molar-refractivity contribution in [2.75, 3.05) is 0 Å². The summed E-state index contributed by atoms with van der Waals surface area (Å²) in [5.41, 5.74) is 0.453. The molecule has 1 aromatic rings. The number of rotatable bonds is 2. The Morgan fingerprint density at radius 2 is 2.07 bits per heavy atom. The summed E-state index contributed by atoms with van der Waals surface area (Å²) in [6.45, 7) is 1.39. The molecule has 1 rings (SSSR count). The van der Waals surface area contributed by atoms with Gasteiger partial charge in [-0.25, -0.2) is 13.6 Å². The number of benzene rings is 1. The minimum absolute atomic E-state index is 0.0995. The normalized spacial score (nSPS) is 10.8. The lowest BCUT2D eigenvalue weighted by Crippen LogP contribution is -1.93. The molecule has 0 saturated heterocycles. The van der Waals surface area contributed by atoms with Crippen molar-refractivity contribution in [1.82, 2.24) is 0 Å². The largest absolute Gasteiger partial charge is 0.478 e. The molecular weight excluding hydrogens is 190 g/mol. The summed E-state index contributed by atoms with van der Waals surface area (Å²) in [4.78, 5) is 10.2. The second-order valence-corrected chi connectivity index (χ2v) is 2.75. The fourth-order valence-corrected chi connectivity index (χ4v) is 1.01. The summed E-state index contributed by atoms with van der Waals surface area (Å²) >= 11 is 0. The molecule has 0 fully saturated rings. The van der Waals surface area contributed by atoms with Crippen LogP contribution in [-0.2, 0) is 4.79 Å². The van der Waals surface area contributed by atoms with Gasteiger partial charge in [0, 0.05) is 6.08 Å². The number of hydrogen-bond donors (Lipinski definition) is 1. The molecule has 14 heavy (non-hydrogen) atoms. The van der Waals surface area contributed by atoms with Crippen molar-refractivity contribution in [3.05, 3.63) is 41.0 Å². The van der Waals surface area contributed by atoms with E-state index in [4.69, 9.17) is 5.11 Å². The smallest absolute Gasteiger partial charge is 0.328 e. The molecule has 0 spiro atoms. The highest BCUT2D eigenvalue weighted by Crippen LogP contribution is 2.16. The monoisotopic (exact) mass is 198 g/mol. The van der Waals surface area contributed by atoms with Gasteiger partial charge in [-0.05, 0) is 30.2 Å². The summed E-state index contributed by atoms with van der Waals surface area (Å²) in [5, 5.41) is 8.33. The molecule has 0 saturated carbocycles. The summed E-state index contributed by atoms with van der Waals surface area (Å²) < 4.78 is 25.6. The van der Waals surface area contributed by atoms with Crippen LogP contribution in [0.15, 0.2) is 18.2 Å². The van der Waals surface area contributed by atoms with E-state index >= 15 is 0 Å². The number of carbonyl (C=O) groups is 1. The minimum atomic E-state index is -1.13. The zero-order chi connectivity index (χ0) is 10.7. The van der Waals surface area contributed by atoms with E-state index in [-0.39, 0.29) is 5.56 Å². The van der Waals surface area contributed by atoms with Crippen LogP contribution in [0.3, 0.4) is 0 Å². The van der Waals surface area contributed by atoms with Gasteiger partial charge in [0.2, 0.25) is 0 Å². The van der Waals surface area contributed by atoms with E-state index in [9.17, 15) is 13.6 Å². The maximum atomic E-state index is 13.0. The van der Waals surface area contributed by atoms with Crippen LogP contribution in [0.4, 0.5) is 8.78 Å². The highest BCUT2D eigenvalue weighted by Gasteiger charge is 2.07. The Hall–Kier alpha value is -1.71. The van der Waals surface area contributed by atoms with Gasteiger partial charge in [0.15, 0.2) is 11.6 Å². The second-order valence-electron chi connectivity index (χ2n) is 2.75. The van der Waals surface area contributed by atoms with Crippen LogP contribution in [0.2, 0.25) is 0 Å². The van der Waals surface area contributed by atoms with Gasteiger partial charge in [0.1, 0.15) is 0 Å². The molecule has 1 aromatic carbocycles. The first-order valence-corrected chi connectivity index (χ1v) is 3.88. The van der Waals surface area contributed by atoms with E-state index in [2.05, 4.69) is 0 Å². The standard InChI is InChI=1S/C10H8F2O2/c1-6-7(3-5-9(13)14)2-4-8(11)10(6)12/h2-5H,1H3,(H,13,14)/b5-3+. The third kappa shape index (κ3) is 2.16. The average molecular weight is 198 g/mol. The van der Waals surface area contributed by atoms with Crippen molar-refractivity contribution in [3.63, 3.8) is 0 Å². The predicted molar refractivity (Wildman–Crippen MR) is 47.8 cm³/mol. The number of hydrogen-bond acceptors (Lipinski definition) is 1. The molecule has 0 unspecified atom stereocenters. The van der Waals surface area contributed by atoms with Crippen molar-refractivity contribution < 1.29 is 18.7 Å². The minimum Gasteiger partial charge on any atom is -0.478 e. The van der Waals surface area contributed by atoms with E-state index in [1.165, 1.54) is 19.1 Å². The van der Waals surface area contributed by atoms with Crippen molar-refractivity contribution >= 4 is 12.0 Å². The van der Waals surface area contributed by atoms with E-state index in [0.717, 1.165) is 12.1 Å². The summed E-state index contributed by atoms with van der Waals surface area (Å²) in [5.74, 6) is -3.01. The molecule has 0 radical (unpaired) electrons. The van der Waals surface area contributed by atoms with E-state index in [1.807, 2.05) is 0 Å². The molecule has 0 amide bonds.